The number of hydrogen-bond acceptors (Lipinski definition) is 9. The second-order valence-corrected chi connectivity index (χ2v) is 22.1. The molecule has 0 saturated carbocycles. The van der Waals surface area contributed by atoms with Crippen molar-refractivity contribution in [3.05, 3.63) is 126 Å². The Morgan fingerprint density at radius 2 is 1.57 bits per heavy atom. The normalized spacial score (nSPS) is 23.1. The molecule has 2 aromatic carbocycles. The van der Waals surface area contributed by atoms with Gasteiger partial charge in [0.25, 0.3) is 0 Å². The Balaban J connectivity index is 0.674. The molecule has 1 unspecified atom stereocenters. The second-order valence-electron chi connectivity index (χ2n) is 22.1. The van der Waals surface area contributed by atoms with Gasteiger partial charge < -0.3 is 29.9 Å². The van der Waals surface area contributed by atoms with Gasteiger partial charge in [-0.2, -0.15) is 5.10 Å². The van der Waals surface area contributed by atoms with Gasteiger partial charge >= 0.3 is 0 Å². The van der Waals surface area contributed by atoms with Crippen LogP contribution in [0, 0.1) is 24.2 Å². The average Bonchev–Trinajstić information content (AvgIpc) is 4.00. The Hall–Kier alpha value is -5.65. The molecule has 2 atom stereocenters. The Morgan fingerprint density at radius 3 is 2.35 bits per heavy atom. The minimum Gasteiger partial charge on any atom is -0.372 e. The van der Waals surface area contributed by atoms with Gasteiger partial charge in [0.05, 0.1) is 29.0 Å². The summed E-state index contributed by atoms with van der Waals surface area (Å²) < 4.78 is 4.45. The number of aromatic nitrogens is 5. The molecule has 6 aliphatic rings. The summed E-state index contributed by atoms with van der Waals surface area (Å²) in [5, 5.41) is 11.7. The smallest absolute Gasteiger partial charge is 0.208 e. The Bertz CT molecular complexity index is 2770. The van der Waals surface area contributed by atoms with Crippen LogP contribution in [0.25, 0.3) is 33.7 Å². The lowest BCUT2D eigenvalue weighted by atomic mass is 9.71. The number of benzene rings is 2. The maximum atomic E-state index is 5.20. The van der Waals surface area contributed by atoms with Gasteiger partial charge in [0, 0.05) is 103 Å². The molecule has 11 rings (SSSR count). The van der Waals surface area contributed by atoms with Crippen molar-refractivity contribution < 1.29 is 0 Å². The summed E-state index contributed by atoms with van der Waals surface area (Å²) in [6.45, 7) is 33.2. The zero-order valence-corrected chi connectivity index (χ0v) is 41.8. The van der Waals surface area contributed by atoms with Crippen molar-refractivity contribution in [1.29, 1.82) is 0 Å². The summed E-state index contributed by atoms with van der Waals surface area (Å²) in [4.78, 5) is 20.8. The van der Waals surface area contributed by atoms with Crippen molar-refractivity contribution in [1.82, 2.24) is 44.3 Å². The van der Waals surface area contributed by atoms with Crippen LogP contribution in [0.3, 0.4) is 0 Å². The van der Waals surface area contributed by atoms with E-state index in [-0.39, 0.29) is 6.04 Å². The fourth-order valence-corrected chi connectivity index (χ4v) is 12.9. The number of pyridine rings is 1. The van der Waals surface area contributed by atoms with E-state index in [1.807, 2.05) is 10.9 Å². The summed E-state index contributed by atoms with van der Waals surface area (Å²) in [5.74, 6) is 2.16. The molecule has 0 radical (unpaired) electrons. The number of nitrogens with one attached hydrogen (secondary N) is 2. The zero-order chi connectivity index (χ0) is 47.4. The molecule has 9 heterocycles. The molecule has 3 aromatic heterocycles. The Kier molecular flexibility index (Phi) is 12.6. The molecule has 0 aliphatic carbocycles. The van der Waals surface area contributed by atoms with Crippen molar-refractivity contribution in [2.45, 2.75) is 117 Å². The minimum atomic E-state index is 0.273. The highest BCUT2D eigenvalue weighted by molar-refractivity contribution is 5.83. The highest BCUT2D eigenvalue weighted by Crippen LogP contribution is 2.43. The summed E-state index contributed by atoms with van der Waals surface area (Å²) in [6, 6.07) is 18.6. The maximum absolute atomic E-state index is 5.20. The summed E-state index contributed by atoms with van der Waals surface area (Å²) >= 11 is 0. The van der Waals surface area contributed by atoms with Crippen LogP contribution in [0.5, 0.6) is 0 Å². The Labute approximate surface area is 411 Å². The number of aryl methyl sites for hydroxylation is 2. The van der Waals surface area contributed by atoms with Crippen LogP contribution in [-0.4, -0.2) is 90.9 Å². The first-order valence-electron chi connectivity index (χ1n) is 26.3. The number of nitrogens with zero attached hydrogens (tertiary/aromatic N) is 9. The molecular formula is C58H75N11. The third-order valence-corrected chi connectivity index (χ3v) is 17.2. The van der Waals surface area contributed by atoms with Crippen molar-refractivity contribution in [3.8, 4) is 11.3 Å². The lowest BCUT2D eigenvalue weighted by Gasteiger charge is -2.47. The van der Waals surface area contributed by atoms with Crippen molar-refractivity contribution in [2.24, 2.45) is 24.3 Å². The van der Waals surface area contributed by atoms with Gasteiger partial charge in [0.2, 0.25) is 5.95 Å². The summed E-state index contributed by atoms with van der Waals surface area (Å²) in [5.41, 5.74) is 17.6. The number of allylic oxidation sites excluding steroid dienone is 1. The van der Waals surface area contributed by atoms with Gasteiger partial charge in [0.15, 0.2) is 0 Å². The first kappa shape index (κ1) is 45.8. The maximum Gasteiger partial charge on any atom is 0.208 e. The highest BCUT2D eigenvalue weighted by Gasteiger charge is 2.38. The Morgan fingerprint density at radius 1 is 0.783 bits per heavy atom. The van der Waals surface area contributed by atoms with Crippen LogP contribution in [-0.2, 0) is 33.1 Å². The van der Waals surface area contributed by atoms with E-state index in [1.54, 1.807) is 0 Å². The predicted molar refractivity (Wildman–Crippen MR) is 283 cm³/mol. The third kappa shape index (κ3) is 9.41. The molecule has 4 saturated heterocycles. The molecule has 2 N–H and O–H groups in total. The molecule has 0 amide bonds. The van der Waals surface area contributed by atoms with Crippen molar-refractivity contribution in [2.75, 3.05) is 56.0 Å². The molecule has 2 bridgehead atoms. The number of fused-ring (bicyclic) bond motifs is 8. The van der Waals surface area contributed by atoms with E-state index in [4.69, 9.17) is 9.97 Å². The van der Waals surface area contributed by atoms with E-state index in [0.717, 1.165) is 128 Å². The monoisotopic (exact) mass is 926 g/mol. The number of piperidine rings is 4. The fourth-order valence-electron chi connectivity index (χ4n) is 12.9. The lowest BCUT2D eigenvalue weighted by molar-refractivity contribution is 0.0265. The van der Waals surface area contributed by atoms with Crippen LogP contribution in [0.2, 0.25) is 0 Å². The summed E-state index contributed by atoms with van der Waals surface area (Å²) in [7, 11) is 2.05. The number of rotatable bonds is 6. The van der Waals surface area contributed by atoms with E-state index >= 15 is 0 Å². The van der Waals surface area contributed by atoms with E-state index in [2.05, 4.69) is 136 Å². The van der Waals surface area contributed by atoms with Gasteiger partial charge in [0.1, 0.15) is 0 Å². The van der Waals surface area contributed by atoms with Crippen LogP contribution in [0.1, 0.15) is 111 Å². The van der Waals surface area contributed by atoms with Gasteiger partial charge in [-0.3, -0.25) is 14.6 Å². The van der Waals surface area contributed by atoms with Gasteiger partial charge in [-0.15, -0.1) is 0 Å². The van der Waals surface area contributed by atoms with E-state index in [0.29, 0.717) is 11.3 Å². The number of hydrogen-bond donors (Lipinski definition) is 2. The molecular weight excluding hydrogens is 851 g/mol. The van der Waals surface area contributed by atoms with Gasteiger partial charge in [-0.1, -0.05) is 51.8 Å². The van der Waals surface area contributed by atoms with Crippen LogP contribution < -0.4 is 15.5 Å². The molecule has 6 aliphatic heterocycles. The minimum absolute atomic E-state index is 0.273. The van der Waals surface area contributed by atoms with E-state index < -0.39 is 0 Å². The number of imidazole rings is 1. The average molecular weight is 926 g/mol. The van der Waals surface area contributed by atoms with E-state index in [1.165, 1.54) is 111 Å². The molecule has 1 spiro atoms. The highest BCUT2D eigenvalue weighted by atomic mass is 15.3. The third-order valence-electron chi connectivity index (χ3n) is 17.2. The standard InChI is InChI=1S/C58H75N11/c1-39-10-8-9-11-55-51(34-59-64(55)7)53-33-47(30-41(3)61-53)42(4)62-57-63-52-16-13-46(31-56(52)69(57)35-39)37-66-28-22-58(23-29-66)20-26-65(27-21-58)36-45-18-24-67(25-19-45)49-14-15-50-44(6)68(38-48(50)32-49)54-17-12-40(2)60-43(54)5/h13-16,30-34,39,45,54,60H,2,4-6,8-12,17-29,35-38H2,1,3,7H3,(H,62,63)/t39-,54?/m1/s1. The predicted octanol–water partition coefficient (Wildman–Crippen LogP) is 10.7. The molecule has 4 fully saturated rings. The second kappa shape index (κ2) is 18.9. The van der Waals surface area contributed by atoms with Gasteiger partial charge in [-0.05, 0) is 169 Å². The van der Waals surface area contributed by atoms with Crippen molar-refractivity contribution >= 4 is 34.1 Å². The van der Waals surface area contributed by atoms with Crippen LogP contribution in [0.4, 0.5) is 11.6 Å². The van der Waals surface area contributed by atoms with Gasteiger partial charge in [-0.25, -0.2) is 4.98 Å². The lowest BCUT2D eigenvalue weighted by Crippen LogP contribution is -2.48. The number of anilines is 2. The largest absolute Gasteiger partial charge is 0.372 e. The van der Waals surface area contributed by atoms with Crippen molar-refractivity contribution in [3.63, 3.8) is 0 Å². The van der Waals surface area contributed by atoms with Crippen LogP contribution in [0.15, 0.2) is 92.4 Å². The molecule has 5 aromatic rings. The summed E-state index contributed by atoms with van der Waals surface area (Å²) in [6.07, 6.45) is 16.3. The number of likely N-dealkylation sites (tertiary alicyclic amines) is 2. The van der Waals surface area contributed by atoms with Crippen LogP contribution >= 0.6 is 0 Å². The molecule has 362 valence electrons. The quantitative estimate of drug-likeness (QED) is 0.173. The molecule has 11 nitrogen and oxygen atoms in total. The molecule has 69 heavy (non-hydrogen) atoms. The first-order chi connectivity index (χ1) is 33.4. The first-order valence-corrected chi connectivity index (χ1v) is 26.3. The zero-order valence-electron chi connectivity index (χ0n) is 41.8. The fraction of sp³-hybridized carbons (Fsp3) is 0.500. The SMILES string of the molecule is C=C1CCC(N2Cc3cc(N4CCC(CN5CCC6(CCN(Cc7ccc8nc9n(c8c7)C[C@H](C)CCCCc7c(cnn7C)-c7cc(cc(C)n7)C(=C)N9)CC6)CC5)CC4)ccc3C2=C)C(=C)N1. The molecule has 11 heteroatoms. The van der Waals surface area contributed by atoms with E-state index in [9.17, 15) is 0 Å². The topological polar surface area (TPSA) is 85.5 Å².